The number of Topliss-reactive ketones (excluding diaryl/α,β-unsaturated/α-hetero) is 1. The van der Waals surface area contributed by atoms with Gasteiger partial charge in [0.25, 0.3) is 0 Å². The number of nitrogens with zero attached hydrogens (tertiary/aromatic N) is 6. The number of carbonyl (C=O) groups excluding carboxylic acids is 1. The molecule has 0 amide bonds. The van der Waals surface area contributed by atoms with Crippen molar-refractivity contribution in [1.29, 1.82) is 5.26 Å². The maximum absolute atomic E-state index is 12.7. The summed E-state index contributed by atoms with van der Waals surface area (Å²) in [5.74, 6) is -0.166. The Labute approximate surface area is 184 Å². The molecule has 3 heterocycles. The van der Waals surface area contributed by atoms with Gasteiger partial charge in [0.15, 0.2) is 5.78 Å². The fraction of sp³-hybridized carbons (Fsp3) is 0.130. The summed E-state index contributed by atoms with van der Waals surface area (Å²) in [6.45, 7) is 1.74. The van der Waals surface area contributed by atoms with Gasteiger partial charge in [-0.25, -0.2) is 0 Å². The number of halogens is 1. The first kappa shape index (κ1) is 20.4. The number of pyridine rings is 1. The molecule has 0 N–H and O–H groups in total. The first-order valence-electron chi connectivity index (χ1n) is 9.44. The van der Waals surface area contributed by atoms with Gasteiger partial charge in [0.05, 0.1) is 40.8 Å². The van der Waals surface area contributed by atoms with Crippen molar-refractivity contribution >= 4 is 17.4 Å². The minimum Gasteiger partial charge on any atom is -0.294 e. The van der Waals surface area contributed by atoms with Crippen LogP contribution in [0.3, 0.4) is 0 Å². The van der Waals surface area contributed by atoms with Crippen molar-refractivity contribution in [2.24, 2.45) is 7.05 Å². The highest BCUT2D eigenvalue weighted by molar-refractivity contribution is 6.33. The van der Waals surface area contributed by atoms with Crippen LogP contribution in [-0.4, -0.2) is 30.5 Å². The summed E-state index contributed by atoms with van der Waals surface area (Å²) in [5.41, 5.74) is 5.23. The Morgan fingerprint density at radius 1 is 1.13 bits per heavy atom. The smallest absolute Gasteiger partial charge is 0.170 e. The van der Waals surface area contributed by atoms with E-state index in [1.165, 1.54) is 12.4 Å². The van der Waals surface area contributed by atoms with Crippen LogP contribution in [0.25, 0.3) is 22.4 Å². The quantitative estimate of drug-likeness (QED) is 0.442. The van der Waals surface area contributed by atoms with Crippen molar-refractivity contribution in [3.63, 3.8) is 0 Å². The maximum atomic E-state index is 12.7. The highest BCUT2D eigenvalue weighted by atomic mass is 35.5. The van der Waals surface area contributed by atoms with Gasteiger partial charge in [-0.1, -0.05) is 17.7 Å². The number of hydrogen-bond acceptors (Lipinski definition) is 6. The average Bonchev–Trinajstić information content (AvgIpc) is 3.21. The summed E-state index contributed by atoms with van der Waals surface area (Å²) < 4.78 is 1.73. The van der Waals surface area contributed by atoms with Crippen molar-refractivity contribution < 1.29 is 4.79 Å². The molecule has 31 heavy (non-hydrogen) atoms. The molecule has 0 fully saturated rings. The zero-order valence-corrected chi connectivity index (χ0v) is 17.6. The topological polar surface area (TPSA) is 97.4 Å². The zero-order chi connectivity index (χ0) is 22.0. The van der Waals surface area contributed by atoms with Crippen molar-refractivity contribution in [1.82, 2.24) is 24.7 Å². The minimum absolute atomic E-state index is 0.0636. The monoisotopic (exact) mass is 428 g/mol. The molecule has 7 nitrogen and oxygen atoms in total. The number of nitriles is 1. The lowest BCUT2D eigenvalue weighted by atomic mass is 10.0. The highest BCUT2D eigenvalue weighted by Gasteiger charge is 2.15. The lowest BCUT2D eigenvalue weighted by molar-refractivity contribution is 0.0991. The van der Waals surface area contributed by atoms with Crippen LogP contribution in [0.1, 0.15) is 27.2 Å². The fourth-order valence-corrected chi connectivity index (χ4v) is 3.45. The third-order valence-electron chi connectivity index (χ3n) is 4.96. The molecule has 4 aromatic rings. The summed E-state index contributed by atoms with van der Waals surface area (Å²) in [6, 6.07) is 7.72. The van der Waals surface area contributed by atoms with E-state index in [1.807, 2.05) is 37.5 Å². The molecular weight excluding hydrogens is 412 g/mol. The summed E-state index contributed by atoms with van der Waals surface area (Å²) in [7, 11) is 1.86. The van der Waals surface area contributed by atoms with Gasteiger partial charge in [0.2, 0.25) is 0 Å². The second-order valence-corrected chi connectivity index (χ2v) is 7.47. The first-order valence-corrected chi connectivity index (χ1v) is 9.82. The van der Waals surface area contributed by atoms with Crippen LogP contribution in [0.5, 0.6) is 0 Å². The largest absolute Gasteiger partial charge is 0.294 e. The van der Waals surface area contributed by atoms with Gasteiger partial charge >= 0.3 is 0 Å². The Balaban J connectivity index is 1.58. The Morgan fingerprint density at radius 2 is 1.97 bits per heavy atom. The molecule has 0 saturated heterocycles. The standard InChI is InChI=1S/C23H17ClN6O/c1-14-16(7-25)8-26-11-20(14)23(31)6-18-10-28-22(12-27-18)19-5-15(3-4-21(19)24)17-9-29-30(2)13-17/h3-5,8-13H,6H2,1-2H3. The summed E-state index contributed by atoms with van der Waals surface area (Å²) in [4.78, 5) is 25.5. The number of hydrogen-bond donors (Lipinski definition) is 0. The predicted octanol–water partition coefficient (Wildman–Crippen LogP) is 4.20. The molecular formula is C23H17ClN6O. The lowest BCUT2D eigenvalue weighted by Gasteiger charge is -2.08. The molecule has 0 aliphatic heterocycles. The molecule has 0 bridgehead atoms. The third-order valence-corrected chi connectivity index (χ3v) is 5.29. The molecule has 0 unspecified atom stereocenters. The van der Waals surface area contributed by atoms with E-state index in [1.54, 1.807) is 30.2 Å². The molecule has 0 saturated carbocycles. The number of benzene rings is 1. The van der Waals surface area contributed by atoms with Gasteiger partial charge in [-0.05, 0) is 30.2 Å². The zero-order valence-electron chi connectivity index (χ0n) is 16.9. The number of rotatable bonds is 5. The molecule has 1 aromatic carbocycles. The van der Waals surface area contributed by atoms with Crippen molar-refractivity contribution in [2.75, 3.05) is 0 Å². The second-order valence-electron chi connectivity index (χ2n) is 7.06. The van der Waals surface area contributed by atoms with Gasteiger partial charge in [0, 0.05) is 48.5 Å². The summed E-state index contributed by atoms with van der Waals surface area (Å²) in [6.07, 6.45) is 9.87. The van der Waals surface area contributed by atoms with Gasteiger partial charge in [-0.2, -0.15) is 10.4 Å². The van der Waals surface area contributed by atoms with E-state index in [0.29, 0.717) is 33.1 Å². The van der Waals surface area contributed by atoms with E-state index in [0.717, 1.165) is 16.7 Å². The molecule has 0 aliphatic carbocycles. The molecule has 0 aliphatic rings. The van der Waals surface area contributed by atoms with Gasteiger partial charge in [-0.3, -0.25) is 24.4 Å². The Kier molecular flexibility index (Phi) is 5.56. The van der Waals surface area contributed by atoms with Crippen molar-refractivity contribution in [3.8, 4) is 28.5 Å². The molecule has 8 heteroatoms. The Morgan fingerprint density at radius 3 is 2.65 bits per heavy atom. The van der Waals surface area contributed by atoms with E-state index in [4.69, 9.17) is 16.9 Å². The van der Waals surface area contributed by atoms with Crippen LogP contribution in [-0.2, 0) is 13.5 Å². The Hall–Kier alpha value is -3.89. The molecule has 3 aromatic heterocycles. The molecule has 0 spiro atoms. The number of carbonyl (C=O) groups is 1. The van der Waals surface area contributed by atoms with Crippen LogP contribution in [0.4, 0.5) is 0 Å². The number of aryl methyl sites for hydroxylation is 1. The van der Waals surface area contributed by atoms with Crippen molar-refractivity contribution in [3.05, 3.63) is 82.8 Å². The van der Waals surface area contributed by atoms with Crippen LogP contribution < -0.4 is 0 Å². The molecule has 152 valence electrons. The molecule has 0 radical (unpaired) electrons. The SMILES string of the molecule is Cc1c(C#N)cncc1C(=O)Cc1cnc(-c2cc(-c3cnn(C)c3)ccc2Cl)cn1. The van der Waals surface area contributed by atoms with Crippen molar-refractivity contribution in [2.45, 2.75) is 13.3 Å². The van der Waals surface area contributed by atoms with Crippen LogP contribution in [0.2, 0.25) is 5.02 Å². The van der Waals surface area contributed by atoms with E-state index in [2.05, 4.69) is 20.1 Å². The number of ketones is 1. The lowest BCUT2D eigenvalue weighted by Crippen LogP contribution is -2.09. The van der Waals surface area contributed by atoms with E-state index in [-0.39, 0.29) is 12.2 Å². The van der Waals surface area contributed by atoms with Crippen LogP contribution in [0.15, 0.2) is 55.4 Å². The minimum atomic E-state index is -0.166. The molecule has 0 atom stereocenters. The van der Waals surface area contributed by atoms with Gasteiger partial charge in [0.1, 0.15) is 6.07 Å². The van der Waals surface area contributed by atoms with Crippen LogP contribution >= 0.6 is 11.6 Å². The van der Waals surface area contributed by atoms with Crippen LogP contribution in [0, 0.1) is 18.3 Å². The van der Waals surface area contributed by atoms with E-state index >= 15 is 0 Å². The maximum Gasteiger partial charge on any atom is 0.170 e. The summed E-state index contributed by atoms with van der Waals surface area (Å²) in [5, 5.41) is 13.9. The predicted molar refractivity (Wildman–Crippen MR) is 116 cm³/mol. The first-order chi connectivity index (χ1) is 15.0. The normalized spacial score (nSPS) is 10.6. The fourth-order valence-electron chi connectivity index (χ4n) is 3.24. The summed E-state index contributed by atoms with van der Waals surface area (Å²) >= 11 is 6.40. The van der Waals surface area contributed by atoms with Gasteiger partial charge in [-0.15, -0.1) is 0 Å². The van der Waals surface area contributed by atoms with Gasteiger partial charge < -0.3 is 0 Å². The second kappa shape index (κ2) is 8.46. The third kappa shape index (κ3) is 4.20. The molecule has 4 rings (SSSR count). The highest BCUT2D eigenvalue weighted by Crippen LogP contribution is 2.31. The number of aromatic nitrogens is 5. The average molecular weight is 429 g/mol. The van der Waals surface area contributed by atoms with E-state index < -0.39 is 0 Å². The Bertz CT molecular complexity index is 1320. The van der Waals surface area contributed by atoms with E-state index in [9.17, 15) is 4.79 Å².